The molecule has 0 amide bonds. The van der Waals surface area contributed by atoms with Gasteiger partial charge in [0.15, 0.2) is 0 Å². The molecule has 1 heterocycles. The molecule has 0 spiro atoms. The zero-order valence-corrected chi connectivity index (χ0v) is 10.9. The van der Waals surface area contributed by atoms with Gasteiger partial charge in [-0.2, -0.15) is 0 Å². The maximum atomic E-state index is 6.04. The molecular weight excluding hydrogens is 210 g/mol. The van der Waals surface area contributed by atoms with E-state index in [1.807, 2.05) is 0 Å². The molecule has 1 saturated carbocycles. The van der Waals surface area contributed by atoms with E-state index in [4.69, 9.17) is 4.74 Å². The molecule has 2 heteroatoms. The normalized spacial score (nSPS) is 33.7. The second kappa shape index (κ2) is 3.74. The van der Waals surface area contributed by atoms with E-state index in [0.29, 0.717) is 12.1 Å². The van der Waals surface area contributed by atoms with Crippen LogP contribution in [-0.2, 0) is 0 Å². The predicted octanol–water partition coefficient (Wildman–Crippen LogP) is 3.29. The lowest BCUT2D eigenvalue weighted by molar-refractivity contribution is 0.0655. The van der Waals surface area contributed by atoms with Crippen molar-refractivity contribution < 1.29 is 4.74 Å². The molecule has 1 aliphatic heterocycles. The number of hydrogen-bond donors (Lipinski definition) is 1. The fourth-order valence-electron chi connectivity index (χ4n) is 2.76. The highest BCUT2D eigenvalue weighted by Gasteiger charge is 2.39. The molecule has 0 aromatic heterocycles. The van der Waals surface area contributed by atoms with Crippen molar-refractivity contribution in [3.8, 4) is 5.75 Å². The summed E-state index contributed by atoms with van der Waals surface area (Å²) in [5, 5.41) is 3.77. The van der Waals surface area contributed by atoms with Gasteiger partial charge in [-0.25, -0.2) is 0 Å². The molecule has 17 heavy (non-hydrogen) atoms. The minimum Gasteiger partial charge on any atom is -0.487 e. The van der Waals surface area contributed by atoms with Crippen LogP contribution in [0.3, 0.4) is 0 Å². The SMILES string of the molecule is CC1CC1NC1CC(C)(C)Oc2ccccc21. The minimum absolute atomic E-state index is 0.0653. The molecule has 3 unspecified atom stereocenters. The molecular formula is C15H21NO. The Morgan fingerprint density at radius 1 is 1.29 bits per heavy atom. The van der Waals surface area contributed by atoms with Crippen LogP contribution in [0.15, 0.2) is 24.3 Å². The van der Waals surface area contributed by atoms with Crippen LogP contribution >= 0.6 is 0 Å². The molecule has 0 radical (unpaired) electrons. The van der Waals surface area contributed by atoms with E-state index in [1.54, 1.807) is 0 Å². The fourth-order valence-corrected chi connectivity index (χ4v) is 2.76. The van der Waals surface area contributed by atoms with Crippen molar-refractivity contribution in [2.24, 2.45) is 5.92 Å². The van der Waals surface area contributed by atoms with Crippen molar-refractivity contribution in [3.05, 3.63) is 29.8 Å². The average molecular weight is 231 g/mol. The highest BCUT2D eigenvalue weighted by atomic mass is 16.5. The third-order valence-electron chi connectivity index (χ3n) is 3.90. The van der Waals surface area contributed by atoms with Crippen molar-refractivity contribution in [1.82, 2.24) is 5.32 Å². The van der Waals surface area contributed by atoms with Crippen molar-refractivity contribution in [2.75, 3.05) is 0 Å². The van der Waals surface area contributed by atoms with Gasteiger partial charge in [-0.1, -0.05) is 25.1 Å². The lowest BCUT2D eigenvalue weighted by Crippen LogP contribution is -2.40. The van der Waals surface area contributed by atoms with Crippen molar-refractivity contribution in [3.63, 3.8) is 0 Å². The Labute approximate surface area is 103 Å². The number of hydrogen-bond acceptors (Lipinski definition) is 2. The Kier molecular flexibility index (Phi) is 2.44. The highest BCUT2D eigenvalue weighted by Crippen LogP contribution is 2.41. The van der Waals surface area contributed by atoms with Crippen LogP contribution in [0, 0.1) is 5.92 Å². The molecule has 3 rings (SSSR count). The molecule has 2 aliphatic rings. The van der Waals surface area contributed by atoms with Gasteiger partial charge < -0.3 is 10.1 Å². The van der Waals surface area contributed by atoms with Crippen molar-refractivity contribution in [2.45, 2.75) is 51.3 Å². The summed E-state index contributed by atoms with van der Waals surface area (Å²) in [6, 6.07) is 9.59. The molecule has 92 valence electrons. The molecule has 2 nitrogen and oxygen atoms in total. The molecule has 0 saturated heterocycles. The number of nitrogens with one attached hydrogen (secondary N) is 1. The number of benzene rings is 1. The Hall–Kier alpha value is -1.02. The largest absolute Gasteiger partial charge is 0.487 e. The van der Waals surface area contributed by atoms with Crippen LogP contribution in [0.1, 0.15) is 45.2 Å². The Morgan fingerprint density at radius 2 is 2.00 bits per heavy atom. The summed E-state index contributed by atoms with van der Waals surface area (Å²) in [5.41, 5.74) is 1.26. The highest BCUT2D eigenvalue weighted by molar-refractivity contribution is 5.38. The average Bonchev–Trinajstić information content (AvgIpc) is 2.92. The van der Waals surface area contributed by atoms with E-state index in [0.717, 1.165) is 18.1 Å². The maximum absolute atomic E-state index is 6.04. The van der Waals surface area contributed by atoms with Gasteiger partial charge in [0, 0.05) is 24.1 Å². The fraction of sp³-hybridized carbons (Fsp3) is 0.600. The van der Waals surface area contributed by atoms with Gasteiger partial charge in [0.2, 0.25) is 0 Å². The van der Waals surface area contributed by atoms with Crippen LogP contribution in [0.25, 0.3) is 0 Å². The van der Waals surface area contributed by atoms with Gasteiger partial charge >= 0.3 is 0 Å². The summed E-state index contributed by atoms with van der Waals surface area (Å²) in [6.45, 7) is 6.66. The molecule has 0 bridgehead atoms. The summed E-state index contributed by atoms with van der Waals surface area (Å²) >= 11 is 0. The van der Waals surface area contributed by atoms with Crippen molar-refractivity contribution >= 4 is 0 Å². The van der Waals surface area contributed by atoms with Gasteiger partial charge in [0.05, 0.1) is 0 Å². The standard InChI is InChI=1S/C15H21NO/c1-10-8-12(10)16-13-9-15(2,3)17-14-7-5-4-6-11(13)14/h4-7,10,12-13,16H,8-9H2,1-3H3. The molecule has 1 N–H and O–H groups in total. The molecule has 1 aromatic rings. The van der Waals surface area contributed by atoms with Gasteiger partial charge in [-0.3, -0.25) is 0 Å². The molecule has 1 fully saturated rings. The molecule has 3 atom stereocenters. The van der Waals surface area contributed by atoms with Crippen LogP contribution in [0.4, 0.5) is 0 Å². The summed E-state index contributed by atoms with van der Waals surface area (Å²) in [7, 11) is 0. The van der Waals surface area contributed by atoms with Gasteiger partial charge in [0.1, 0.15) is 11.4 Å². The second-order valence-electron chi connectivity index (χ2n) is 6.14. The lowest BCUT2D eigenvalue weighted by atomic mass is 9.89. The first kappa shape index (κ1) is 11.1. The van der Waals surface area contributed by atoms with E-state index in [2.05, 4.69) is 50.4 Å². The first-order valence-electron chi connectivity index (χ1n) is 6.59. The van der Waals surface area contributed by atoms with E-state index in [1.165, 1.54) is 12.0 Å². The quantitative estimate of drug-likeness (QED) is 0.843. The number of fused-ring (bicyclic) bond motifs is 1. The number of rotatable bonds is 2. The van der Waals surface area contributed by atoms with Gasteiger partial charge in [0.25, 0.3) is 0 Å². The maximum Gasteiger partial charge on any atom is 0.124 e. The zero-order chi connectivity index (χ0) is 12.0. The second-order valence-corrected chi connectivity index (χ2v) is 6.14. The third-order valence-corrected chi connectivity index (χ3v) is 3.90. The predicted molar refractivity (Wildman–Crippen MR) is 69.2 cm³/mol. The van der Waals surface area contributed by atoms with Crippen LogP contribution in [0.5, 0.6) is 5.75 Å². The summed E-state index contributed by atoms with van der Waals surface area (Å²) in [5.74, 6) is 1.89. The molecule has 1 aliphatic carbocycles. The number of ether oxygens (including phenoxy) is 1. The zero-order valence-electron chi connectivity index (χ0n) is 10.9. The topological polar surface area (TPSA) is 21.3 Å². The number of para-hydroxylation sites is 1. The summed E-state index contributed by atoms with van der Waals surface area (Å²) < 4.78 is 6.04. The van der Waals surface area contributed by atoms with Crippen LogP contribution in [-0.4, -0.2) is 11.6 Å². The first-order valence-corrected chi connectivity index (χ1v) is 6.59. The first-order chi connectivity index (χ1) is 8.05. The van der Waals surface area contributed by atoms with E-state index < -0.39 is 0 Å². The Balaban J connectivity index is 1.87. The Bertz CT molecular complexity index is 427. The third kappa shape index (κ3) is 2.19. The smallest absolute Gasteiger partial charge is 0.124 e. The van der Waals surface area contributed by atoms with Gasteiger partial charge in [-0.15, -0.1) is 0 Å². The van der Waals surface area contributed by atoms with Crippen LogP contribution < -0.4 is 10.1 Å². The van der Waals surface area contributed by atoms with Crippen LogP contribution in [0.2, 0.25) is 0 Å². The Morgan fingerprint density at radius 3 is 2.71 bits per heavy atom. The van der Waals surface area contributed by atoms with E-state index in [9.17, 15) is 0 Å². The summed E-state index contributed by atoms with van der Waals surface area (Å²) in [4.78, 5) is 0. The van der Waals surface area contributed by atoms with Gasteiger partial charge in [-0.05, 0) is 32.3 Å². The van der Waals surface area contributed by atoms with E-state index in [-0.39, 0.29) is 5.60 Å². The summed E-state index contributed by atoms with van der Waals surface area (Å²) in [6.07, 6.45) is 2.37. The monoisotopic (exact) mass is 231 g/mol. The minimum atomic E-state index is -0.0653. The van der Waals surface area contributed by atoms with Crippen molar-refractivity contribution in [1.29, 1.82) is 0 Å². The molecule has 1 aromatic carbocycles. The lowest BCUT2D eigenvalue weighted by Gasteiger charge is -2.38. The van der Waals surface area contributed by atoms with E-state index >= 15 is 0 Å².